The first-order valence-electron chi connectivity index (χ1n) is 10.2. The van der Waals surface area contributed by atoms with E-state index in [4.69, 9.17) is 4.42 Å². The minimum absolute atomic E-state index is 0.0298. The Balaban J connectivity index is 1.43. The molecule has 1 aromatic heterocycles. The largest absolute Gasteiger partial charge is 0.441 e. The summed E-state index contributed by atoms with van der Waals surface area (Å²) in [6.45, 7) is 4.89. The molecule has 1 aliphatic heterocycles. The van der Waals surface area contributed by atoms with Crippen molar-refractivity contribution < 1.29 is 18.0 Å². The lowest BCUT2D eigenvalue weighted by atomic mass is 9.99. The lowest BCUT2D eigenvalue weighted by Crippen LogP contribution is -2.30. The molecule has 1 fully saturated rings. The molecule has 0 bridgehead atoms. The third-order valence-electron chi connectivity index (χ3n) is 5.80. The molecule has 2 aromatic carbocycles. The molecular formula is C24H24F2N2O2. The number of rotatable bonds is 5. The second-order valence-corrected chi connectivity index (χ2v) is 7.80. The van der Waals surface area contributed by atoms with Gasteiger partial charge in [0.2, 0.25) is 5.91 Å². The average Bonchev–Trinajstić information content (AvgIpc) is 3.38. The third-order valence-corrected chi connectivity index (χ3v) is 5.80. The van der Waals surface area contributed by atoms with Crippen LogP contribution in [0.25, 0.3) is 11.3 Å². The molecule has 1 atom stereocenters. The Bertz CT molecular complexity index is 1060. The van der Waals surface area contributed by atoms with Crippen LogP contribution in [0, 0.1) is 25.5 Å². The standard InChI is InChI=1S/C24H24F2N2O2/c1-15-8-9-17(13-16(15)2)20-7-4-12-28(20)23(29)11-10-22-27-14-21(30-22)24-18(25)5-3-6-19(24)26/h3,5-6,8-9,13-14,20H,4,7,10-12H2,1-2H3. The van der Waals surface area contributed by atoms with E-state index in [1.54, 1.807) is 0 Å². The van der Waals surface area contributed by atoms with Crippen LogP contribution in [0.1, 0.15) is 47.9 Å². The summed E-state index contributed by atoms with van der Waals surface area (Å²) in [5, 5.41) is 0. The zero-order valence-electron chi connectivity index (χ0n) is 17.1. The van der Waals surface area contributed by atoms with Gasteiger partial charge in [0.05, 0.1) is 17.8 Å². The van der Waals surface area contributed by atoms with Gasteiger partial charge < -0.3 is 9.32 Å². The number of amides is 1. The molecule has 6 heteroatoms. The summed E-state index contributed by atoms with van der Waals surface area (Å²) in [6, 6.07) is 10.1. The topological polar surface area (TPSA) is 46.3 Å². The number of hydrogen-bond acceptors (Lipinski definition) is 3. The SMILES string of the molecule is Cc1ccc(C2CCCN2C(=O)CCc2ncc(-c3c(F)cccc3F)o2)cc1C. The van der Waals surface area contributed by atoms with Crippen LogP contribution in [0.4, 0.5) is 8.78 Å². The highest BCUT2D eigenvalue weighted by molar-refractivity contribution is 5.77. The monoisotopic (exact) mass is 410 g/mol. The van der Waals surface area contributed by atoms with Crippen molar-refractivity contribution in [2.24, 2.45) is 0 Å². The molecule has 1 saturated heterocycles. The van der Waals surface area contributed by atoms with Crippen LogP contribution in [0.5, 0.6) is 0 Å². The van der Waals surface area contributed by atoms with Crippen molar-refractivity contribution in [1.29, 1.82) is 0 Å². The second kappa shape index (κ2) is 8.38. The average molecular weight is 410 g/mol. The van der Waals surface area contributed by atoms with Crippen molar-refractivity contribution in [3.8, 4) is 11.3 Å². The van der Waals surface area contributed by atoms with E-state index in [9.17, 15) is 13.6 Å². The Kier molecular flexibility index (Phi) is 5.66. The molecule has 0 radical (unpaired) electrons. The minimum Gasteiger partial charge on any atom is -0.441 e. The van der Waals surface area contributed by atoms with E-state index in [2.05, 4.69) is 37.0 Å². The van der Waals surface area contributed by atoms with E-state index in [1.165, 1.54) is 35.5 Å². The van der Waals surface area contributed by atoms with Crippen LogP contribution in [0.2, 0.25) is 0 Å². The minimum atomic E-state index is -0.706. The maximum absolute atomic E-state index is 13.9. The van der Waals surface area contributed by atoms with Gasteiger partial charge >= 0.3 is 0 Å². The van der Waals surface area contributed by atoms with Gasteiger partial charge in [0.15, 0.2) is 11.7 Å². The highest BCUT2D eigenvalue weighted by atomic mass is 19.1. The summed E-state index contributed by atoms with van der Waals surface area (Å²) in [5.41, 5.74) is 3.38. The number of carbonyl (C=O) groups is 1. The van der Waals surface area contributed by atoms with E-state index in [-0.39, 0.29) is 36.1 Å². The van der Waals surface area contributed by atoms with Crippen molar-refractivity contribution in [3.63, 3.8) is 0 Å². The fourth-order valence-corrected chi connectivity index (χ4v) is 4.02. The van der Waals surface area contributed by atoms with Crippen LogP contribution >= 0.6 is 0 Å². The van der Waals surface area contributed by atoms with Crippen LogP contribution in [-0.4, -0.2) is 22.3 Å². The van der Waals surface area contributed by atoms with Gasteiger partial charge in [-0.25, -0.2) is 13.8 Å². The molecule has 4 nitrogen and oxygen atoms in total. The number of aryl methyl sites for hydroxylation is 3. The van der Waals surface area contributed by atoms with Crippen molar-refractivity contribution >= 4 is 5.91 Å². The molecule has 0 spiro atoms. The molecule has 1 unspecified atom stereocenters. The number of hydrogen-bond donors (Lipinski definition) is 0. The summed E-state index contributed by atoms with van der Waals surface area (Å²) in [6.07, 6.45) is 3.74. The molecule has 0 saturated carbocycles. The predicted molar refractivity (Wildman–Crippen MR) is 110 cm³/mol. The summed E-state index contributed by atoms with van der Waals surface area (Å²) < 4.78 is 33.4. The lowest BCUT2D eigenvalue weighted by Gasteiger charge is -2.25. The van der Waals surface area contributed by atoms with Gasteiger partial charge in [-0.15, -0.1) is 0 Å². The highest BCUT2D eigenvalue weighted by Gasteiger charge is 2.30. The highest BCUT2D eigenvalue weighted by Crippen LogP contribution is 2.33. The van der Waals surface area contributed by atoms with Crippen molar-refractivity contribution in [1.82, 2.24) is 9.88 Å². The van der Waals surface area contributed by atoms with Gasteiger partial charge in [-0.2, -0.15) is 0 Å². The van der Waals surface area contributed by atoms with Crippen molar-refractivity contribution in [2.45, 2.75) is 45.6 Å². The molecule has 0 N–H and O–H groups in total. The van der Waals surface area contributed by atoms with Crippen molar-refractivity contribution in [3.05, 3.63) is 76.8 Å². The Morgan fingerprint density at radius 1 is 1.17 bits per heavy atom. The predicted octanol–water partition coefficient (Wildman–Crippen LogP) is 5.53. The second-order valence-electron chi connectivity index (χ2n) is 7.80. The van der Waals surface area contributed by atoms with E-state index in [0.29, 0.717) is 5.89 Å². The van der Waals surface area contributed by atoms with Crippen LogP contribution in [-0.2, 0) is 11.2 Å². The van der Waals surface area contributed by atoms with Crippen LogP contribution in [0.3, 0.4) is 0 Å². The fourth-order valence-electron chi connectivity index (χ4n) is 4.02. The Morgan fingerprint density at radius 2 is 1.93 bits per heavy atom. The first-order chi connectivity index (χ1) is 14.4. The Labute approximate surface area is 174 Å². The van der Waals surface area contributed by atoms with Gasteiger partial charge in [0, 0.05) is 19.4 Å². The summed E-state index contributed by atoms with van der Waals surface area (Å²) >= 11 is 0. The third kappa shape index (κ3) is 3.99. The molecule has 3 aromatic rings. The molecule has 0 aliphatic carbocycles. The zero-order chi connectivity index (χ0) is 21.3. The number of carbonyl (C=O) groups excluding carboxylic acids is 1. The van der Waals surface area contributed by atoms with Crippen LogP contribution < -0.4 is 0 Å². The first kappa shape index (κ1) is 20.3. The molecule has 1 amide bonds. The number of likely N-dealkylation sites (tertiary alicyclic amines) is 1. The van der Waals surface area contributed by atoms with Crippen LogP contribution in [0.15, 0.2) is 47.0 Å². The fraction of sp³-hybridized carbons (Fsp3) is 0.333. The van der Waals surface area contributed by atoms with Crippen molar-refractivity contribution in [2.75, 3.05) is 6.54 Å². The number of halogens is 2. The van der Waals surface area contributed by atoms with Gasteiger partial charge in [-0.05, 0) is 55.5 Å². The summed E-state index contributed by atoms with van der Waals surface area (Å²) in [4.78, 5) is 18.9. The first-order valence-corrected chi connectivity index (χ1v) is 10.2. The van der Waals surface area contributed by atoms with Gasteiger partial charge in [0.1, 0.15) is 11.6 Å². The van der Waals surface area contributed by atoms with Gasteiger partial charge in [0.25, 0.3) is 0 Å². The number of oxazole rings is 1. The summed E-state index contributed by atoms with van der Waals surface area (Å²) in [7, 11) is 0. The Morgan fingerprint density at radius 3 is 2.67 bits per heavy atom. The molecule has 156 valence electrons. The van der Waals surface area contributed by atoms with E-state index >= 15 is 0 Å². The number of aromatic nitrogens is 1. The summed E-state index contributed by atoms with van der Waals surface area (Å²) in [5.74, 6) is -1.05. The lowest BCUT2D eigenvalue weighted by molar-refractivity contribution is -0.132. The quantitative estimate of drug-likeness (QED) is 0.555. The van der Waals surface area contributed by atoms with E-state index in [0.717, 1.165) is 24.9 Å². The van der Waals surface area contributed by atoms with Gasteiger partial charge in [-0.1, -0.05) is 24.3 Å². The number of benzene rings is 2. The molecule has 30 heavy (non-hydrogen) atoms. The molecule has 4 rings (SSSR count). The maximum Gasteiger partial charge on any atom is 0.223 e. The normalized spacial score (nSPS) is 16.3. The number of nitrogens with zero attached hydrogens (tertiary/aromatic N) is 2. The smallest absolute Gasteiger partial charge is 0.223 e. The molecular weight excluding hydrogens is 386 g/mol. The molecule has 2 heterocycles. The molecule has 1 aliphatic rings. The van der Waals surface area contributed by atoms with Gasteiger partial charge in [-0.3, -0.25) is 4.79 Å². The van der Waals surface area contributed by atoms with E-state index < -0.39 is 11.6 Å². The zero-order valence-corrected chi connectivity index (χ0v) is 17.1. The Hall–Kier alpha value is -3.02. The van der Waals surface area contributed by atoms with E-state index in [1.807, 2.05) is 4.90 Å². The maximum atomic E-state index is 13.9.